The Labute approximate surface area is 333 Å². The Bertz CT molecular complexity index is 2630. The molecule has 17 heteroatoms. The van der Waals surface area contributed by atoms with E-state index >= 15 is 0 Å². The Kier molecular flexibility index (Phi) is 13.1. The van der Waals surface area contributed by atoms with Crippen molar-refractivity contribution in [2.24, 2.45) is 5.73 Å². The molecular formula is C41H35F2N7O6S2. The zero-order chi connectivity index (χ0) is 41.1. The van der Waals surface area contributed by atoms with Crippen molar-refractivity contribution in [3.05, 3.63) is 181 Å². The number of ketones is 1. The fourth-order valence-electron chi connectivity index (χ4n) is 5.51. The molecule has 0 saturated carbocycles. The lowest BCUT2D eigenvalue weighted by atomic mass is 10.1. The van der Waals surface area contributed by atoms with E-state index < -0.39 is 32.4 Å². The molecule has 0 saturated heterocycles. The average Bonchev–Trinajstić information content (AvgIpc) is 3.77. The molecule has 0 aliphatic rings. The van der Waals surface area contributed by atoms with Crippen molar-refractivity contribution in [1.29, 1.82) is 0 Å². The summed E-state index contributed by atoms with van der Waals surface area (Å²) in [7, 11) is -7.67. The minimum absolute atomic E-state index is 0.0373. The molecular weight excluding hydrogens is 789 g/mol. The van der Waals surface area contributed by atoms with Crippen molar-refractivity contribution in [1.82, 2.24) is 20.2 Å². The van der Waals surface area contributed by atoms with Crippen molar-refractivity contribution in [2.45, 2.75) is 29.3 Å². The fraction of sp³-hybridized carbons (Fsp3) is 0.0976. The van der Waals surface area contributed by atoms with Crippen LogP contribution in [0, 0.1) is 0 Å². The van der Waals surface area contributed by atoms with E-state index in [0.29, 0.717) is 28.1 Å². The topological polar surface area (TPSA) is 183 Å². The third-order valence-corrected chi connectivity index (χ3v) is 12.0. The highest BCUT2D eigenvalue weighted by Gasteiger charge is 2.27. The third kappa shape index (κ3) is 9.81. The molecule has 0 unspecified atom stereocenters. The molecule has 0 atom stereocenters. The Morgan fingerprint density at radius 2 is 1.09 bits per heavy atom. The first-order valence-corrected chi connectivity index (χ1v) is 20.3. The minimum atomic E-state index is -3.87. The number of anilines is 2. The maximum Gasteiger partial charge on any atom is 0.314 e. The summed E-state index contributed by atoms with van der Waals surface area (Å²) in [5.41, 5.74) is 8.79. The lowest BCUT2D eigenvalue weighted by molar-refractivity contribution is 0.100. The normalized spacial score (nSPS) is 11.4. The Hall–Kier alpha value is -6.69. The number of carbonyl (C=O) groups excluding carboxylic acids is 1. The lowest BCUT2D eigenvalue weighted by Crippen LogP contribution is -2.30. The van der Waals surface area contributed by atoms with Gasteiger partial charge < -0.3 is 10.2 Å². The molecule has 0 radical (unpaired) electrons. The second-order valence-electron chi connectivity index (χ2n) is 12.3. The number of alkyl halides is 2. The first-order valence-electron chi connectivity index (χ1n) is 17.5. The molecule has 7 rings (SSSR count). The molecule has 0 fully saturated rings. The highest BCUT2D eigenvalue weighted by atomic mass is 32.2. The van der Waals surface area contributed by atoms with Gasteiger partial charge in [0, 0.05) is 35.9 Å². The van der Waals surface area contributed by atoms with Gasteiger partial charge in [0.2, 0.25) is 5.89 Å². The number of hydrogen-bond donors (Lipinski definition) is 1. The molecule has 296 valence electrons. The summed E-state index contributed by atoms with van der Waals surface area (Å²) in [6.45, 7) is 0.108. The molecule has 0 spiro atoms. The van der Waals surface area contributed by atoms with Gasteiger partial charge in [0.1, 0.15) is 9.79 Å². The van der Waals surface area contributed by atoms with E-state index in [1.54, 1.807) is 115 Å². The van der Waals surface area contributed by atoms with Crippen LogP contribution in [0.25, 0.3) is 11.5 Å². The van der Waals surface area contributed by atoms with E-state index in [-0.39, 0.29) is 41.1 Å². The van der Waals surface area contributed by atoms with Crippen molar-refractivity contribution < 1.29 is 34.8 Å². The van der Waals surface area contributed by atoms with Gasteiger partial charge in [-0.25, -0.2) is 16.8 Å². The molecule has 0 aliphatic carbocycles. The van der Waals surface area contributed by atoms with Crippen LogP contribution in [0.5, 0.6) is 0 Å². The number of para-hydroxylation sites is 2. The summed E-state index contributed by atoms with van der Waals surface area (Å²) in [6.07, 6.45) is 2.80. The number of nitrogens with zero attached hydrogens (tertiary/aromatic N) is 6. The summed E-state index contributed by atoms with van der Waals surface area (Å²) < 4.78 is 85.8. The molecule has 0 aliphatic heterocycles. The van der Waals surface area contributed by atoms with Crippen molar-refractivity contribution in [3.63, 3.8) is 0 Å². The smallest absolute Gasteiger partial charge is 0.314 e. The SMILES string of the molecule is NCC(=O)c1ccc(CN(c2ccccc2)S(=O)(=O)c2cccnc2)cc1.O=S(=O)(c1cccnc1)N(Cc1ccc(-c2nnc(C(F)F)o2)cc1)c1ccccc1. The number of rotatable bonds is 14. The molecule has 4 aromatic carbocycles. The summed E-state index contributed by atoms with van der Waals surface area (Å²) in [6, 6.07) is 37.1. The van der Waals surface area contributed by atoms with Crippen LogP contribution >= 0.6 is 0 Å². The summed E-state index contributed by atoms with van der Waals surface area (Å²) in [4.78, 5) is 19.7. The monoisotopic (exact) mass is 823 g/mol. The Morgan fingerprint density at radius 3 is 1.48 bits per heavy atom. The molecule has 13 nitrogen and oxygen atoms in total. The number of hydrogen-bond acceptors (Lipinski definition) is 11. The molecule has 58 heavy (non-hydrogen) atoms. The predicted octanol–water partition coefficient (Wildman–Crippen LogP) is 7.08. The van der Waals surface area contributed by atoms with E-state index in [4.69, 9.17) is 10.2 Å². The first-order chi connectivity index (χ1) is 28.0. The average molecular weight is 824 g/mol. The second-order valence-corrected chi connectivity index (χ2v) is 16.1. The van der Waals surface area contributed by atoms with Crippen LogP contribution in [0.2, 0.25) is 0 Å². The van der Waals surface area contributed by atoms with Gasteiger partial charge in [0.25, 0.3) is 25.9 Å². The summed E-state index contributed by atoms with van der Waals surface area (Å²) in [5, 5.41) is 6.92. The number of Topliss-reactive ketones (excluding diaryl/α,β-unsaturated/α-hetero) is 1. The number of halogens is 2. The van der Waals surface area contributed by atoms with E-state index in [0.717, 1.165) is 5.56 Å². The Balaban J connectivity index is 0.000000198. The van der Waals surface area contributed by atoms with Gasteiger partial charge >= 0.3 is 6.43 Å². The van der Waals surface area contributed by atoms with Crippen molar-refractivity contribution in [3.8, 4) is 11.5 Å². The van der Waals surface area contributed by atoms with Gasteiger partial charge in [-0.3, -0.25) is 23.4 Å². The van der Waals surface area contributed by atoms with Gasteiger partial charge in [-0.2, -0.15) is 8.78 Å². The number of nitrogens with two attached hydrogens (primary N) is 1. The van der Waals surface area contributed by atoms with Crippen LogP contribution in [0.15, 0.2) is 172 Å². The highest BCUT2D eigenvalue weighted by Crippen LogP contribution is 2.28. The quantitative estimate of drug-likeness (QED) is 0.111. The maximum absolute atomic E-state index is 13.3. The van der Waals surface area contributed by atoms with Gasteiger partial charge in [-0.1, -0.05) is 72.8 Å². The van der Waals surface area contributed by atoms with Crippen LogP contribution in [0.3, 0.4) is 0 Å². The molecule has 3 aromatic heterocycles. The lowest BCUT2D eigenvalue weighted by Gasteiger charge is -2.24. The minimum Gasteiger partial charge on any atom is -0.415 e. The standard InChI is InChI=1S/C21H16F2N4O3S.C20H19N3O3S/c22-19(23)21-26-25-20(30-21)16-10-8-15(9-11-16)14-27(17-5-2-1-3-6-17)31(28,29)18-7-4-12-24-13-18;21-13-20(24)17-10-8-16(9-11-17)15-23(18-5-2-1-3-6-18)27(25,26)19-7-4-12-22-14-19/h1-13,19H,14H2;1-12,14H,13,15,21H2. The maximum atomic E-state index is 13.3. The van der Waals surface area contributed by atoms with Gasteiger partial charge in [-0.15, -0.1) is 10.2 Å². The van der Waals surface area contributed by atoms with E-state index in [2.05, 4.69) is 20.2 Å². The van der Waals surface area contributed by atoms with E-state index in [1.807, 2.05) is 6.07 Å². The molecule has 2 N–H and O–H groups in total. The molecule has 0 amide bonds. The van der Waals surface area contributed by atoms with Gasteiger partial charge in [-0.05, 0) is 71.8 Å². The highest BCUT2D eigenvalue weighted by molar-refractivity contribution is 7.93. The first kappa shape index (κ1) is 41.0. The molecule has 7 aromatic rings. The van der Waals surface area contributed by atoms with Gasteiger partial charge in [0.05, 0.1) is 31.0 Å². The summed E-state index contributed by atoms with van der Waals surface area (Å²) >= 11 is 0. The van der Waals surface area contributed by atoms with Crippen LogP contribution in [-0.4, -0.2) is 49.3 Å². The largest absolute Gasteiger partial charge is 0.415 e. The van der Waals surface area contributed by atoms with Crippen molar-refractivity contribution >= 4 is 37.2 Å². The summed E-state index contributed by atoms with van der Waals surface area (Å²) in [5.74, 6) is -0.953. The van der Waals surface area contributed by atoms with Gasteiger partial charge in [0.15, 0.2) is 5.78 Å². The number of sulfonamides is 2. The number of benzene rings is 4. The van der Waals surface area contributed by atoms with Crippen LogP contribution in [0.4, 0.5) is 20.2 Å². The zero-order valence-corrected chi connectivity index (χ0v) is 32.1. The Morgan fingerprint density at radius 1 is 0.621 bits per heavy atom. The zero-order valence-electron chi connectivity index (χ0n) is 30.5. The van der Waals surface area contributed by atoms with E-state index in [1.165, 1.54) is 45.5 Å². The number of aromatic nitrogens is 4. The van der Waals surface area contributed by atoms with E-state index in [9.17, 15) is 30.4 Å². The molecule has 0 bridgehead atoms. The van der Waals surface area contributed by atoms with Crippen LogP contribution < -0.4 is 14.3 Å². The second kappa shape index (κ2) is 18.5. The molecule has 3 heterocycles. The number of pyridine rings is 2. The van der Waals surface area contributed by atoms with Crippen molar-refractivity contribution in [2.75, 3.05) is 15.2 Å². The van der Waals surface area contributed by atoms with Crippen LogP contribution in [-0.2, 0) is 33.1 Å². The fourth-order valence-corrected chi connectivity index (χ4v) is 8.34. The third-order valence-electron chi connectivity index (χ3n) is 8.48. The number of carbonyl (C=O) groups is 1. The van der Waals surface area contributed by atoms with Crippen LogP contribution in [0.1, 0.15) is 33.8 Å². The predicted molar refractivity (Wildman–Crippen MR) is 213 cm³/mol.